The summed E-state index contributed by atoms with van der Waals surface area (Å²) in [6, 6.07) is 19.8. The topological polar surface area (TPSA) is 92.3 Å². The van der Waals surface area contributed by atoms with E-state index in [4.69, 9.17) is 11.6 Å². The maximum absolute atomic E-state index is 12.4. The number of hydrogen-bond donors (Lipinski definition) is 2. The monoisotopic (exact) mass is 454 g/mol. The maximum atomic E-state index is 12.4. The number of benzene rings is 3. The second-order valence-corrected chi connectivity index (χ2v) is 8.92. The summed E-state index contributed by atoms with van der Waals surface area (Å²) in [5, 5.41) is 3.36. The number of nitrogens with one attached hydrogen (secondary N) is 2. The molecule has 8 heteroatoms. The molecule has 6 nitrogen and oxygen atoms in total. The van der Waals surface area contributed by atoms with Crippen LogP contribution < -0.4 is 10.0 Å². The number of amides is 1. The molecule has 2 N–H and O–H groups in total. The molecule has 158 valence electrons. The molecule has 0 atom stereocenters. The van der Waals surface area contributed by atoms with Gasteiger partial charge in [0, 0.05) is 27.5 Å². The predicted molar refractivity (Wildman–Crippen MR) is 124 cm³/mol. The smallest absolute Gasteiger partial charge is 0.255 e. The van der Waals surface area contributed by atoms with Crippen LogP contribution in [-0.2, 0) is 10.0 Å². The van der Waals surface area contributed by atoms with Gasteiger partial charge < -0.3 is 5.32 Å². The van der Waals surface area contributed by atoms with Gasteiger partial charge >= 0.3 is 0 Å². The van der Waals surface area contributed by atoms with Crippen molar-refractivity contribution in [3.63, 3.8) is 0 Å². The average molecular weight is 455 g/mol. The molecule has 0 fully saturated rings. The summed E-state index contributed by atoms with van der Waals surface area (Å²) in [4.78, 5) is 24.7. The van der Waals surface area contributed by atoms with Gasteiger partial charge in [0.05, 0.1) is 6.26 Å². The Balaban J connectivity index is 1.66. The lowest BCUT2D eigenvalue weighted by Gasteiger charge is -2.06. The van der Waals surface area contributed by atoms with Crippen molar-refractivity contribution < 1.29 is 18.0 Å². The highest BCUT2D eigenvalue weighted by molar-refractivity contribution is 7.92. The summed E-state index contributed by atoms with van der Waals surface area (Å²) in [5.41, 5.74) is 2.60. The second kappa shape index (κ2) is 9.59. The van der Waals surface area contributed by atoms with Crippen molar-refractivity contribution in [1.29, 1.82) is 0 Å². The third-order valence-corrected chi connectivity index (χ3v) is 5.01. The van der Waals surface area contributed by atoms with Gasteiger partial charge in [-0.15, -0.1) is 0 Å². The molecule has 0 radical (unpaired) electrons. The van der Waals surface area contributed by atoms with E-state index in [1.165, 1.54) is 18.2 Å². The van der Waals surface area contributed by atoms with Crippen LogP contribution in [0.3, 0.4) is 0 Å². The van der Waals surface area contributed by atoms with Crippen molar-refractivity contribution in [3.05, 3.63) is 101 Å². The first-order valence-electron chi connectivity index (χ1n) is 9.17. The first kappa shape index (κ1) is 22.3. The maximum Gasteiger partial charge on any atom is 0.255 e. The van der Waals surface area contributed by atoms with Gasteiger partial charge in [-0.05, 0) is 72.3 Å². The molecule has 0 aliphatic carbocycles. The molecule has 0 saturated heterocycles. The van der Waals surface area contributed by atoms with E-state index in [0.717, 1.165) is 11.8 Å². The Morgan fingerprint density at radius 3 is 2.16 bits per heavy atom. The van der Waals surface area contributed by atoms with Gasteiger partial charge in [-0.3, -0.25) is 14.3 Å². The Bertz CT molecular complexity index is 1240. The molecule has 3 rings (SSSR count). The Kier molecular flexibility index (Phi) is 6.89. The fraction of sp³-hybridized carbons (Fsp3) is 0.0435. The number of sulfonamides is 1. The summed E-state index contributed by atoms with van der Waals surface area (Å²) in [7, 11) is -3.37. The first-order valence-corrected chi connectivity index (χ1v) is 11.4. The normalized spacial score (nSPS) is 11.3. The fourth-order valence-electron chi connectivity index (χ4n) is 2.71. The number of carbonyl (C=O) groups excluding carboxylic acids is 2. The number of rotatable bonds is 7. The van der Waals surface area contributed by atoms with Crippen molar-refractivity contribution in [1.82, 2.24) is 0 Å². The summed E-state index contributed by atoms with van der Waals surface area (Å²) in [6.07, 6.45) is 4.11. The molecule has 31 heavy (non-hydrogen) atoms. The molecule has 0 unspecified atom stereocenters. The number of ketones is 1. The lowest BCUT2D eigenvalue weighted by atomic mass is 10.1. The zero-order valence-electron chi connectivity index (χ0n) is 16.5. The van der Waals surface area contributed by atoms with Crippen LogP contribution in [0.15, 0.2) is 78.9 Å². The van der Waals surface area contributed by atoms with Gasteiger partial charge in [0.2, 0.25) is 10.0 Å². The first-order chi connectivity index (χ1) is 14.7. The molecular weight excluding hydrogens is 436 g/mol. The summed E-state index contributed by atoms with van der Waals surface area (Å²) >= 11 is 5.84. The van der Waals surface area contributed by atoms with Gasteiger partial charge in [0.15, 0.2) is 5.78 Å². The van der Waals surface area contributed by atoms with Gasteiger partial charge in [0.1, 0.15) is 0 Å². The van der Waals surface area contributed by atoms with E-state index in [9.17, 15) is 18.0 Å². The molecule has 0 aliphatic heterocycles. The van der Waals surface area contributed by atoms with E-state index in [1.54, 1.807) is 66.7 Å². The molecule has 3 aromatic carbocycles. The quantitative estimate of drug-likeness (QED) is 0.394. The van der Waals surface area contributed by atoms with Crippen molar-refractivity contribution >= 4 is 50.8 Å². The average Bonchev–Trinajstić information content (AvgIpc) is 2.72. The highest BCUT2D eigenvalue weighted by Crippen LogP contribution is 2.16. The number of anilines is 2. The van der Waals surface area contributed by atoms with Crippen LogP contribution in [0.5, 0.6) is 0 Å². The third-order valence-electron chi connectivity index (χ3n) is 4.15. The van der Waals surface area contributed by atoms with Crippen LogP contribution in [0.4, 0.5) is 11.4 Å². The number of halogens is 1. The number of hydrogen-bond acceptors (Lipinski definition) is 4. The fourth-order valence-corrected chi connectivity index (χ4v) is 3.40. The van der Waals surface area contributed by atoms with Crippen LogP contribution in [-0.4, -0.2) is 26.4 Å². The Morgan fingerprint density at radius 2 is 1.52 bits per heavy atom. The SMILES string of the molecule is CS(=O)(=O)Nc1ccc(C(=O)/C=C/c2cccc(NC(=O)c3ccc(Cl)cc3)c2)cc1. The molecule has 0 spiro atoms. The van der Waals surface area contributed by atoms with E-state index < -0.39 is 10.0 Å². The van der Waals surface area contributed by atoms with Gasteiger partial charge in [-0.25, -0.2) is 8.42 Å². The minimum absolute atomic E-state index is 0.235. The molecule has 0 aliphatic rings. The zero-order valence-corrected chi connectivity index (χ0v) is 18.1. The van der Waals surface area contributed by atoms with Gasteiger partial charge in [0.25, 0.3) is 5.91 Å². The molecule has 0 bridgehead atoms. The van der Waals surface area contributed by atoms with Crippen molar-refractivity contribution in [2.75, 3.05) is 16.3 Å². The standard InChI is InChI=1S/C23H19ClN2O4S/c1-31(29,30)26-20-12-8-17(9-13-20)22(27)14-5-16-3-2-4-21(15-16)25-23(28)18-6-10-19(24)11-7-18/h2-15,26H,1H3,(H,25,28)/b14-5+. The van der Waals surface area contributed by atoms with Crippen molar-refractivity contribution in [3.8, 4) is 0 Å². The lowest BCUT2D eigenvalue weighted by molar-refractivity contribution is 0.102. The minimum Gasteiger partial charge on any atom is -0.322 e. The van der Waals surface area contributed by atoms with Crippen LogP contribution in [0.25, 0.3) is 6.08 Å². The van der Waals surface area contributed by atoms with Crippen LogP contribution >= 0.6 is 11.6 Å². The molecule has 0 saturated carbocycles. The predicted octanol–water partition coefficient (Wildman–Crippen LogP) is 4.86. The highest BCUT2D eigenvalue weighted by atomic mass is 35.5. The third kappa shape index (κ3) is 6.80. The molecule has 3 aromatic rings. The Hall–Kier alpha value is -3.42. The van der Waals surface area contributed by atoms with E-state index >= 15 is 0 Å². The van der Waals surface area contributed by atoms with Crippen molar-refractivity contribution in [2.24, 2.45) is 0 Å². The van der Waals surface area contributed by atoms with Crippen LogP contribution in [0, 0.1) is 0 Å². The van der Waals surface area contributed by atoms with Crippen molar-refractivity contribution in [2.45, 2.75) is 0 Å². The number of carbonyl (C=O) groups is 2. The van der Waals surface area contributed by atoms with Crippen LogP contribution in [0.2, 0.25) is 5.02 Å². The van der Waals surface area contributed by atoms with Crippen LogP contribution in [0.1, 0.15) is 26.3 Å². The second-order valence-electron chi connectivity index (χ2n) is 6.74. The van der Waals surface area contributed by atoms with Gasteiger partial charge in [-0.2, -0.15) is 0 Å². The van der Waals surface area contributed by atoms with E-state index in [1.807, 2.05) is 0 Å². The molecule has 0 heterocycles. The lowest BCUT2D eigenvalue weighted by Crippen LogP contribution is -2.11. The van der Waals surface area contributed by atoms with Gasteiger partial charge in [-0.1, -0.05) is 29.8 Å². The highest BCUT2D eigenvalue weighted by Gasteiger charge is 2.07. The Labute approximate surface area is 185 Å². The summed E-state index contributed by atoms with van der Waals surface area (Å²) < 4.78 is 24.8. The minimum atomic E-state index is -3.37. The molecule has 1 amide bonds. The largest absolute Gasteiger partial charge is 0.322 e. The Morgan fingerprint density at radius 1 is 0.871 bits per heavy atom. The zero-order chi connectivity index (χ0) is 22.4. The summed E-state index contributed by atoms with van der Waals surface area (Å²) in [5.74, 6) is -0.502. The number of allylic oxidation sites excluding steroid dienone is 1. The van der Waals surface area contributed by atoms with E-state index in [0.29, 0.717) is 27.5 Å². The van der Waals surface area contributed by atoms with E-state index in [-0.39, 0.29) is 11.7 Å². The molecule has 0 aromatic heterocycles. The molecular formula is C23H19ClN2O4S. The summed E-state index contributed by atoms with van der Waals surface area (Å²) in [6.45, 7) is 0. The van der Waals surface area contributed by atoms with E-state index in [2.05, 4.69) is 10.0 Å².